The number of aliphatic carboxylic acids is 1. The van der Waals surface area contributed by atoms with E-state index in [2.05, 4.69) is 0 Å². The first-order valence-electron chi connectivity index (χ1n) is 7.01. The van der Waals surface area contributed by atoms with Crippen LogP contribution in [-0.4, -0.2) is 47.2 Å². The largest absolute Gasteiger partial charge is 0.479 e. The van der Waals surface area contributed by atoms with Crippen LogP contribution in [0.3, 0.4) is 0 Å². The maximum Gasteiger partial charge on any atom is 0.331 e. The third-order valence-corrected chi connectivity index (χ3v) is 4.26. The lowest BCUT2D eigenvalue weighted by molar-refractivity contribution is -0.153. The Balaban J connectivity index is 1.96. The molecule has 0 aromatic heterocycles. The molecule has 2 heterocycles. The van der Waals surface area contributed by atoms with Crippen molar-refractivity contribution in [2.24, 2.45) is 5.73 Å². The summed E-state index contributed by atoms with van der Waals surface area (Å²) in [6.45, 7) is 0.951. The van der Waals surface area contributed by atoms with E-state index in [1.165, 1.54) is 4.90 Å². The van der Waals surface area contributed by atoms with Crippen molar-refractivity contribution in [3.8, 4) is 0 Å². The highest BCUT2D eigenvalue weighted by Crippen LogP contribution is 2.32. The minimum atomic E-state index is -1.10. The van der Waals surface area contributed by atoms with Crippen LogP contribution in [0.25, 0.3) is 0 Å². The van der Waals surface area contributed by atoms with Gasteiger partial charge in [-0.1, -0.05) is 24.3 Å². The average Bonchev–Trinajstić information content (AvgIpc) is 2.93. The zero-order valence-electron chi connectivity index (χ0n) is 11.6. The SMILES string of the molecule is NC1(C(=O)N2CCc3ccccc3C2C(=O)O)CCOC1. The highest BCUT2D eigenvalue weighted by Gasteiger charge is 2.46. The Bertz CT molecular complexity index is 581. The van der Waals surface area contributed by atoms with Crippen molar-refractivity contribution < 1.29 is 19.4 Å². The molecule has 1 aromatic carbocycles. The van der Waals surface area contributed by atoms with E-state index < -0.39 is 17.6 Å². The van der Waals surface area contributed by atoms with Gasteiger partial charge in [0.2, 0.25) is 5.91 Å². The first-order chi connectivity index (χ1) is 10.0. The minimum absolute atomic E-state index is 0.149. The Morgan fingerprint density at radius 3 is 2.81 bits per heavy atom. The van der Waals surface area contributed by atoms with Crippen molar-refractivity contribution in [2.75, 3.05) is 19.8 Å². The molecular formula is C15H18N2O4. The third kappa shape index (κ3) is 2.30. The molecule has 0 spiro atoms. The van der Waals surface area contributed by atoms with Crippen LogP contribution in [0.15, 0.2) is 24.3 Å². The molecule has 2 aliphatic heterocycles. The molecule has 0 radical (unpaired) electrons. The number of carbonyl (C=O) groups is 2. The van der Waals surface area contributed by atoms with Crippen LogP contribution in [0.4, 0.5) is 0 Å². The molecule has 1 saturated heterocycles. The maximum atomic E-state index is 12.7. The summed E-state index contributed by atoms with van der Waals surface area (Å²) < 4.78 is 5.22. The molecule has 2 unspecified atom stereocenters. The van der Waals surface area contributed by atoms with Gasteiger partial charge in [-0.25, -0.2) is 4.79 Å². The first kappa shape index (κ1) is 14.0. The number of carboxylic acid groups (broad SMARTS) is 1. The Hall–Kier alpha value is -1.92. The van der Waals surface area contributed by atoms with E-state index in [9.17, 15) is 14.7 Å². The summed E-state index contributed by atoms with van der Waals surface area (Å²) in [4.78, 5) is 25.8. The molecule has 2 aliphatic rings. The number of nitrogens with two attached hydrogens (primary N) is 1. The standard InChI is InChI=1S/C15H18N2O4/c16-15(6-8-21-9-15)14(20)17-7-5-10-3-1-2-4-11(10)12(17)13(18)19/h1-4,12H,5-9,16H2,(H,18,19). The van der Waals surface area contributed by atoms with E-state index in [4.69, 9.17) is 10.5 Å². The molecule has 6 heteroatoms. The predicted octanol–water partition coefficient (Wildman–Crippen LogP) is 0.315. The monoisotopic (exact) mass is 290 g/mol. The van der Waals surface area contributed by atoms with Crippen LogP contribution in [-0.2, 0) is 20.7 Å². The Morgan fingerprint density at radius 2 is 2.14 bits per heavy atom. The second kappa shape index (κ2) is 5.13. The van der Waals surface area contributed by atoms with Gasteiger partial charge < -0.3 is 20.5 Å². The lowest BCUT2D eigenvalue weighted by atomic mass is 9.89. The summed E-state index contributed by atoms with van der Waals surface area (Å²) in [5.41, 5.74) is 6.66. The number of fused-ring (bicyclic) bond motifs is 1. The number of amides is 1. The van der Waals surface area contributed by atoms with Gasteiger partial charge in [-0.2, -0.15) is 0 Å². The maximum absolute atomic E-state index is 12.7. The Labute approximate surface area is 122 Å². The number of ether oxygens (including phenoxy) is 1. The summed E-state index contributed by atoms with van der Waals surface area (Å²) in [6.07, 6.45) is 1.07. The van der Waals surface area contributed by atoms with Gasteiger partial charge in [-0.15, -0.1) is 0 Å². The quantitative estimate of drug-likeness (QED) is 0.818. The molecule has 1 amide bonds. The van der Waals surface area contributed by atoms with Gasteiger partial charge in [0.05, 0.1) is 6.61 Å². The number of hydrogen-bond donors (Lipinski definition) is 2. The molecular weight excluding hydrogens is 272 g/mol. The number of rotatable bonds is 2. The van der Waals surface area contributed by atoms with Crippen LogP contribution < -0.4 is 5.73 Å². The summed E-state index contributed by atoms with van der Waals surface area (Å²) in [5, 5.41) is 9.57. The molecule has 3 rings (SSSR count). The smallest absolute Gasteiger partial charge is 0.331 e. The number of nitrogens with zero attached hydrogens (tertiary/aromatic N) is 1. The summed E-state index contributed by atoms with van der Waals surface area (Å²) in [7, 11) is 0. The summed E-state index contributed by atoms with van der Waals surface area (Å²) >= 11 is 0. The minimum Gasteiger partial charge on any atom is -0.479 e. The molecule has 2 atom stereocenters. The fourth-order valence-electron chi connectivity index (χ4n) is 3.09. The van der Waals surface area contributed by atoms with E-state index in [1.54, 1.807) is 12.1 Å². The first-order valence-corrected chi connectivity index (χ1v) is 7.01. The predicted molar refractivity (Wildman–Crippen MR) is 74.6 cm³/mol. The van der Waals surface area contributed by atoms with Gasteiger partial charge in [-0.3, -0.25) is 4.79 Å². The van der Waals surface area contributed by atoms with Crippen molar-refractivity contribution in [3.63, 3.8) is 0 Å². The van der Waals surface area contributed by atoms with Gasteiger partial charge in [0.25, 0.3) is 0 Å². The zero-order valence-corrected chi connectivity index (χ0v) is 11.6. The van der Waals surface area contributed by atoms with E-state index in [0.29, 0.717) is 31.6 Å². The fourth-order valence-corrected chi connectivity index (χ4v) is 3.09. The van der Waals surface area contributed by atoms with Crippen LogP contribution in [0, 0.1) is 0 Å². The average molecular weight is 290 g/mol. The third-order valence-electron chi connectivity index (χ3n) is 4.26. The molecule has 112 valence electrons. The van der Waals surface area contributed by atoms with Crippen LogP contribution >= 0.6 is 0 Å². The molecule has 0 aliphatic carbocycles. The van der Waals surface area contributed by atoms with E-state index in [-0.39, 0.29) is 12.5 Å². The topological polar surface area (TPSA) is 92.9 Å². The van der Waals surface area contributed by atoms with Crippen molar-refractivity contribution in [1.82, 2.24) is 4.90 Å². The normalized spacial score (nSPS) is 28.2. The van der Waals surface area contributed by atoms with Gasteiger partial charge in [0, 0.05) is 13.2 Å². The number of carboxylic acids is 1. The van der Waals surface area contributed by atoms with Crippen molar-refractivity contribution in [2.45, 2.75) is 24.4 Å². The molecule has 0 bridgehead atoms. The van der Waals surface area contributed by atoms with Gasteiger partial charge >= 0.3 is 5.97 Å². The molecule has 0 saturated carbocycles. The summed E-state index contributed by atoms with van der Waals surface area (Å²) in [5.74, 6) is -1.36. The van der Waals surface area contributed by atoms with E-state index in [1.807, 2.05) is 12.1 Å². The van der Waals surface area contributed by atoms with Gasteiger partial charge in [-0.05, 0) is 24.0 Å². The number of hydrogen-bond acceptors (Lipinski definition) is 4. The molecule has 1 fully saturated rings. The highest BCUT2D eigenvalue weighted by molar-refractivity contribution is 5.91. The van der Waals surface area contributed by atoms with Gasteiger partial charge in [0.1, 0.15) is 5.54 Å². The number of benzene rings is 1. The lowest BCUT2D eigenvalue weighted by Crippen LogP contribution is -2.58. The second-order valence-corrected chi connectivity index (χ2v) is 5.65. The second-order valence-electron chi connectivity index (χ2n) is 5.65. The van der Waals surface area contributed by atoms with Crippen molar-refractivity contribution in [3.05, 3.63) is 35.4 Å². The highest BCUT2D eigenvalue weighted by atomic mass is 16.5. The van der Waals surface area contributed by atoms with Crippen LogP contribution in [0.2, 0.25) is 0 Å². The lowest BCUT2D eigenvalue weighted by Gasteiger charge is -2.38. The van der Waals surface area contributed by atoms with Crippen LogP contribution in [0.5, 0.6) is 0 Å². The van der Waals surface area contributed by atoms with Crippen molar-refractivity contribution in [1.29, 1.82) is 0 Å². The molecule has 6 nitrogen and oxygen atoms in total. The van der Waals surface area contributed by atoms with Crippen LogP contribution in [0.1, 0.15) is 23.6 Å². The molecule has 1 aromatic rings. The Kier molecular flexibility index (Phi) is 3.43. The molecule has 3 N–H and O–H groups in total. The zero-order chi connectivity index (χ0) is 15.0. The summed E-state index contributed by atoms with van der Waals surface area (Å²) in [6, 6.07) is 6.37. The molecule has 21 heavy (non-hydrogen) atoms. The van der Waals surface area contributed by atoms with Crippen molar-refractivity contribution >= 4 is 11.9 Å². The fraction of sp³-hybridized carbons (Fsp3) is 0.467. The number of carbonyl (C=O) groups excluding carboxylic acids is 1. The Morgan fingerprint density at radius 1 is 1.38 bits per heavy atom. The van der Waals surface area contributed by atoms with E-state index >= 15 is 0 Å². The van der Waals surface area contributed by atoms with E-state index in [0.717, 1.165) is 5.56 Å². The van der Waals surface area contributed by atoms with Gasteiger partial charge in [0.15, 0.2) is 6.04 Å².